The topological polar surface area (TPSA) is 43.6 Å². The molecule has 0 unspecified atom stereocenters. The van der Waals surface area contributed by atoms with Gasteiger partial charge in [-0.25, -0.2) is 4.68 Å². The number of rotatable bonds is 4. The Morgan fingerprint density at radius 2 is 2.17 bits per heavy atom. The van der Waals surface area contributed by atoms with Crippen LogP contribution in [0, 0.1) is 5.92 Å². The average Bonchev–Trinajstić information content (AvgIpc) is 2.37. The monoisotopic (exact) mass is 168 g/mol. The van der Waals surface area contributed by atoms with Gasteiger partial charge in [0, 0.05) is 13.0 Å². The van der Waals surface area contributed by atoms with Crippen molar-refractivity contribution in [2.24, 2.45) is 5.92 Å². The summed E-state index contributed by atoms with van der Waals surface area (Å²) in [5.74, 6) is 1.62. The van der Waals surface area contributed by atoms with Gasteiger partial charge in [-0.05, 0) is 22.8 Å². The van der Waals surface area contributed by atoms with E-state index >= 15 is 0 Å². The first-order valence-corrected chi connectivity index (χ1v) is 4.49. The smallest absolute Gasteiger partial charge is 0.151 e. The fourth-order valence-corrected chi connectivity index (χ4v) is 1.12. The van der Waals surface area contributed by atoms with Gasteiger partial charge in [0.05, 0.1) is 0 Å². The number of tetrazole rings is 1. The van der Waals surface area contributed by atoms with Gasteiger partial charge in [-0.15, -0.1) is 5.10 Å². The van der Waals surface area contributed by atoms with Crippen molar-refractivity contribution in [2.45, 2.75) is 40.2 Å². The molecule has 4 heteroatoms. The van der Waals surface area contributed by atoms with Crippen LogP contribution in [0.1, 0.15) is 33.0 Å². The Balaban J connectivity index is 2.63. The fraction of sp³-hybridized carbons (Fsp3) is 0.875. The Morgan fingerprint density at radius 1 is 1.42 bits per heavy atom. The maximum atomic E-state index is 3.98. The normalized spacial score (nSPS) is 11.0. The van der Waals surface area contributed by atoms with E-state index < -0.39 is 0 Å². The first-order chi connectivity index (χ1) is 5.74. The van der Waals surface area contributed by atoms with Gasteiger partial charge in [-0.1, -0.05) is 20.8 Å². The van der Waals surface area contributed by atoms with E-state index in [4.69, 9.17) is 0 Å². The molecule has 0 atom stereocenters. The summed E-state index contributed by atoms with van der Waals surface area (Å²) in [7, 11) is 0. The summed E-state index contributed by atoms with van der Waals surface area (Å²) in [4.78, 5) is 0. The zero-order valence-electron chi connectivity index (χ0n) is 7.99. The first-order valence-electron chi connectivity index (χ1n) is 4.49. The predicted octanol–water partition coefficient (Wildman–Crippen LogP) is 1.28. The lowest BCUT2D eigenvalue weighted by atomic mass is 10.1. The van der Waals surface area contributed by atoms with Crippen molar-refractivity contribution >= 4 is 0 Å². The summed E-state index contributed by atoms with van der Waals surface area (Å²) < 4.78 is 1.89. The van der Waals surface area contributed by atoms with Gasteiger partial charge < -0.3 is 0 Å². The summed E-state index contributed by atoms with van der Waals surface area (Å²) in [5, 5.41) is 11.5. The molecule has 1 heterocycles. The molecule has 0 bridgehead atoms. The highest BCUT2D eigenvalue weighted by Gasteiger charge is 2.06. The van der Waals surface area contributed by atoms with Crippen LogP contribution in [0.25, 0.3) is 0 Å². The molecule has 0 N–H and O–H groups in total. The van der Waals surface area contributed by atoms with Crippen LogP contribution in [0.5, 0.6) is 0 Å². The van der Waals surface area contributed by atoms with Crippen molar-refractivity contribution in [3.8, 4) is 0 Å². The minimum absolute atomic E-state index is 0.617. The van der Waals surface area contributed by atoms with Gasteiger partial charge in [0.1, 0.15) is 0 Å². The Morgan fingerprint density at radius 3 is 2.75 bits per heavy atom. The molecule has 0 aliphatic rings. The lowest BCUT2D eigenvalue weighted by molar-refractivity contribution is 0.524. The van der Waals surface area contributed by atoms with E-state index in [1.807, 2.05) is 4.68 Å². The summed E-state index contributed by atoms with van der Waals surface area (Å²) in [6, 6.07) is 0. The van der Waals surface area contributed by atoms with E-state index in [9.17, 15) is 0 Å². The molecule has 12 heavy (non-hydrogen) atoms. The highest BCUT2D eigenvalue weighted by molar-refractivity contribution is 4.81. The van der Waals surface area contributed by atoms with E-state index in [1.54, 1.807) is 0 Å². The van der Waals surface area contributed by atoms with Crippen molar-refractivity contribution in [2.75, 3.05) is 0 Å². The van der Waals surface area contributed by atoms with Crippen LogP contribution in [0.4, 0.5) is 0 Å². The summed E-state index contributed by atoms with van der Waals surface area (Å²) in [5.41, 5.74) is 0. The number of nitrogens with zero attached hydrogens (tertiary/aromatic N) is 4. The number of aromatic nitrogens is 4. The quantitative estimate of drug-likeness (QED) is 0.680. The zero-order chi connectivity index (χ0) is 8.97. The van der Waals surface area contributed by atoms with Gasteiger partial charge in [0.2, 0.25) is 0 Å². The van der Waals surface area contributed by atoms with Crippen LogP contribution >= 0.6 is 0 Å². The molecule has 0 spiro atoms. The van der Waals surface area contributed by atoms with Crippen LogP contribution < -0.4 is 0 Å². The molecule has 1 rings (SSSR count). The lowest BCUT2D eigenvalue weighted by Crippen LogP contribution is -2.07. The maximum absolute atomic E-state index is 3.98. The Labute approximate surface area is 73.0 Å². The Hall–Kier alpha value is -0.930. The third-order valence-corrected chi connectivity index (χ3v) is 1.63. The Bertz CT molecular complexity index is 229. The molecule has 0 aliphatic heterocycles. The van der Waals surface area contributed by atoms with Crippen molar-refractivity contribution < 1.29 is 0 Å². The highest BCUT2D eigenvalue weighted by Crippen LogP contribution is 2.03. The molecule has 1 aromatic rings. The molecule has 0 amide bonds. The molecule has 0 fully saturated rings. The maximum Gasteiger partial charge on any atom is 0.151 e. The van der Waals surface area contributed by atoms with Crippen molar-refractivity contribution in [1.29, 1.82) is 0 Å². The lowest BCUT2D eigenvalue weighted by Gasteiger charge is -2.04. The average molecular weight is 168 g/mol. The number of aryl methyl sites for hydroxylation is 1. The SMILES string of the molecule is CCCn1nnnc1CC(C)C. The minimum atomic E-state index is 0.617. The second-order valence-electron chi connectivity index (χ2n) is 3.42. The standard InChI is InChI=1S/C8H16N4/c1-4-5-12-8(6-7(2)3)9-10-11-12/h7H,4-6H2,1-3H3. The van der Waals surface area contributed by atoms with Crippen molar-refractivity contribution in [3.63, 3.8) is 0 Å². The van der Waals surface area contributed by atoms with E-state index in [0.29, 0.717) is 5.92 Å². The van der Waals surface area contributed by atoms with Gasteiger partial charge in [0.15, 0.2) is 5.82 Å². The molecule has 1 aromatic heterocycles. The van der Waals surface area contributed by atoms with Crippen LogP contribution in [0.15, 0.2) is 0 Å². The van der Waals surface area contributed by atoms with Crippen molar-refractivity contribution in [1.82, 2.24) is 20.2 Å². The molecule has 0 aliphatic carbocycles. The minimum Gasteiger partial charge on any atom is -0.230 e. The van der Waals surface area contributed by atoms with Gasteiger partial charge in [-0.3, -0.25) is 0 Å². The van der Waals surface area contributed by atoms with Crippen molar-refractivity contribution in [3.05, 3.63) is 5.82 Å². The first kappa shape index (κ1) is 9.16. The number of hydrogen-bond acceptors (Lipinski definition) is 3. The molecule has 0 aromatic carbocycles. The molecule has 0 saturated carbocycles. The van der Waals surface area contributed by atoms with Crippen LogP contribution in [0.2, 0.25) is 0 Å². The molecule has 0 radical (unpaired) electrons. The predicted molar refractivity (Wildman–Crippen MR) is 46.7 cm³/mol. The summed E-state index contributed by atoms with van der Waals surface area (Å²) in [6.45, 7) is 7.39. The highest BCUT2D eigenvalue weighted by atomic mass is 15.5. The van der Waals surface area contributed by atoms with Crippen LogP contribution in [0.3, 0.4) is 0 Å². The molecular weight excluding hydrogens is 152 g/mol. The van der Waals surface area contributed by atoms with Gasteiger partial charge in [-0.2, -0.15) is 0 Å². The molecule has 0 saturated heterocycles. The molecular formula is C8H16N4. The number of hydrogen-bond donors (Lipinski definition) is 0. The summed E-state index contributed by atoms with van der Waals surface area (Å²) in [6.07, 6.45) is 2.04. The van der Waals surface area contributed by atoms with Crippen LogP contribution in [-0.2, 0) is 13.0 Å². The second-order valence-corrected chi connectivity index (χ2v) is 3.42. The van der Waals surface area contributed by atoms with Gasteiger partial charge in [0.25, 0.3) is 0 Å². The molecule has 4 nitrogen and oxygen atoms in total. The third-order valence-electron chi connectivity index (χ3n) is 1.63. The molecule has 68 valence electrons. The van der Waals surface area contributed by atoms with E-state index in [-0.39, 0.29) is 0 Å². The summed E-state index contributed by atoms with van der Waals surface area (Å²) >= 11 is 0. The fourth-order valence-electron chi connectivity index (χ4n) is 1.12. The zero-order valence-corrected chi connectivity index (χ0v) is 7.99. The second kappa shape index (κ2) is 4.18. The van der Waals surface area contributed by atoms with E-state index in [2.05, 4.69) is 36.3 Å². The van der Waals surface area contributed by atoms with E-state index in [0.717, 1.165) is 25.2 Å². The third kappa shape index (κ3) is 2.29. The van der Waals surface area contributed by atoms with Gasteiger partial charge >= 0.3 is 0 Å². The van der Waals surface area contributed by atoms with E-state index in [1.165, 1.54) is 0 Å². The largest absolute Gasteiger partial charge is 0.230 e. The van der Waals surface area contributed by atoms with Crippen LogP contribution in [-0.4, -0.2) is 20.2 Å². The Kier molecular flexibility index (Phi) is 3.19.